The van der Waals surface area contributed by atoms with Crippen LogP contribution in [0.25, 0.3) is 11.1 Å². The van der Waals surface area contributed by atoms with Gasteiger partial charge in [0, 0.05) is 60.8 Å². The number of carbonyl (C=O) groups is 1. The highest BCUT2D eigenvalue weighted by molar-refractivity contribution is 5.88. The van der Waals surface area contributed by atoms with E-state index in [2.05, 4.69) is 36.9 Å². The molecule has 0 aliphatic carbocycles. The Balaban J connectivity index is 1.56. The number of carboxylic acids is 1. The van der Waals surface area contributed by atoms with E-state index < -0.39 is 29.3 Å². The fourth-order valence-corrected chi connectivity index (χ4v) is 6.76. The number of carboxylic acid groups (broad SMARTS) is 1. The largest absolute Gasteiger partial charge is 0.494 e. The first kappa shape index (κ1) is 33.8. The molecule has 1 aromatic heterocycles. The highest BCUT2D eigenvalue weighted by Gasteiger charge is 2.36. The Labute approximate surface area is 271 Å². The first-order chi connectivity index (χ1) is 21.6. The van der Waals surface area contributed by atoms with Crippen molar-refractivity contribution < 1.29 is 28.2 Å². The quantitative estimate of drug-likeness (QED) is 0.271. The number of aliphatic carboxylic acids is 1. The Kier molecular flexibility index (Phi) is 9.49. The fraction of sp³-hybridized carbons (Fsp3) is 0.514. The van der Waals surface area contributed by atoms with Crippen molar-refractivity contribution in [3.63, 3.8) is 0 Å². The first-order valence-electron chi connectivity index (χ1n) is 16.1. The number of anilines is 1. The molecular formula is C37H47F2N3O4. The lowest BCUT2D eigenvalue weighted by molar-refractivity contribution is -0.160. The minimum absolute atomic E-state index is 0.00751. The van der Waals surface area contributed by atoms with Gasteiger partial charge in [0.1, 0.15) is 5.82 Å². The summed E-state index contributed by atoms with van der Waals surface area (Å²) in [6.45, 7) is 17.0. The van der Waals surface area contributed by atoms with Crippen molar-refractivity contribution in [3.05, 3.63) is 75.6 Å². The van der Waals surface area contributed by atoms with E-state index in [4.69, 9.17) is 14.5 Å². The number of benzene rings is 2. The normalized spacial score (nSPS) is 17.5. The third kappa shape index (κ3) is 7.05. The molecule has 3 aromatic rings. The minimum Gasteiger partial charge on any atom is -0.494 e. The molecule has 3 heterocycles. The van der Waals surface area contributed by atoms with Crippen LogP contribution in [0.3, 0.4) is 0 Å². The van der Waals surface area contributed by atoms with Gasteiger partial charge >= 0.3 is 5.97 Å². The Morgan fingerprint density at radius 1 is 1.04 bits per heavy atom. The van der Waals surface area contributed by atoms with E-state index in [1.54, 1.807) is 0 Å². The number of rotatable bonds is 8. The van der Waals surface area contributed by atoms with Gasteiger partial charge in [0.05, 0.1) is 18.4 Å². The van der Waals surface area contributed by atoms with Gasteiger partial charge in [0.2, 0.25) is 0 Å². The maximum absolute atomic E-state index is 14.9. The van der Waals surface area contributed by atoms with Crippen molar-refractivity contribution in [2.75, 3.05) is 31.6 Å². The second kappa shape index (κ2) is 12.9. The van der Waals surface area contributed by atoms with Crippen molar-refractivity contribution in [3.8, 4) is 16.9 Å². The van der Waals surface area contributed by atoms with E-state index in [9.17, 15) is 18.7 Å². The number of hydrogen-bond donors (Lipinski definition) is 1. The van der Waals surface area contributed by atoms with Gasteiger partial charge < -0.3 is 19.5 Å². The number of hydrogen-bond acceptors (Lipinski definition) is 6. The van der Waals surface area contributed by atoms with Gasteiger partial charge in [0.15, 0.2) is 17.7 Å². The zero-order valence-corrected chi connectivity index (χ0v) is 28.4. The van der Waals surface area contributed by atoms with Gasteiger partial charge in [0.25, 0.3) is 0 Å². The molecule has 1 saturated heterocycles. The first-order valence-corrected chi connectivity index (χ1v) is 16.1. The predicted molar refractivity (Wildman–Crippen MR) is 176 cm³/mol. The summed E-state index contributed by atoms with van der Waals surface area (Å²) in [6.07, 6.45) is 1.50. The number of nitrogens with zero attached hydrogens (tertiary/aromatic N) is 3. The van der Waals surface area contributed by atoms with Crippen LogP contribution in [-0.2, 0) is 29.0 Å². The minimum atomic E-state index is -1.18. The molecule has 1 N–H and O–H groups in total. The molecule has 0 unspecified atom stereocenters. The average Bonchev–Trinajstić information content (AvgIpc) is 2.97. The van der Waals surface area contributed by atoms with Crippen LogP contribution in [0.4, 0.5) is 14.5 Å². The molecular weight excluding hydrogens is 588 g/mol. The van der Waals surface area contributed by atoms with Crippen LogP contribution in [0.1, 0.15) is 87.2 Å². The summed E-state index contributed by atoms with van der Waals surface area (Å²) in [5.74, 6) is -2.25. The number of aryl methyl sites for hydroxylation is 2. The third-order valence-corrected chi connectivity index (χ3v) is 9.31. The Morgan fingerprint density at radius 3 is 2.37 bits per heavy atom. The third-order valence-electron chi connectivity index (χ3n) is 9.31. The summed E-state index contributed by atoms with van der Waals surface area (Å²) in [5, 5.41) is 10.5. The Morgan fingerprint density at radius 2 is 1.74 bits per heavy atom. The smallest absolute Gasteiger partial charge is 0.337 e. The monoisotopic (exact) mass is 635 g/mol. The number of fused-ring (bicyclic) bond motifs is 1. The van der Waals surface area contributed by atoms with E-state index in [-0.39, 0.29) is 23.3 Å². The summed E-state index contributed by atoms with van der Waals surface area (Å²) in [4.78, 5) is 22.1. The summed E-state index contributed by atoms with van der Waals surface area (Å²) in [7, 11) is 1.37. The summed E-state index contributed by atoms with van der Waals surface area (Å²) in [6, 6.07) is 8.88. The molecule has 0 radical (unpaired) electrons. The van der Waals surface area contributed by atoms with Crippen LogP contribution in [-0.4, -0.2) is 53.3 Å². The van der Waals surface area contributed by atoms with E-state index in [1.807, 2.05) is 39.5 Å². The Hall–Kier alpha value is -3.56. The summed E-state index contributed by atoms with van der Waals surface area (Å²) >= 11 is 0. The van der Waals surface area contributed by atoms with Crippen molar-refractivity contribution in [1.29, 1.82) is 0 Å². The molecule has 46 heavy (non-hydrogen) atoms. The maximum Gasteiger partial charge on any atom is 0.337 e. The summed E-state index contributed by atoms with van der Waals surface area (Å²) in [5.41, 5.74) is 6.67. The molecule has 1 fully saturated rings. The number of aromatic nitrogens is 1. The maximum atomic E-state index is 14.9. The van der Waals surface area contributed by atoms with Crippen LogP contribution >= 0.6 is 0 Å². The number of methoxy groups -OCH3 is 1. The van der Waals surface area contributed by atoms with Gasteiger partial charge in [-0.15, -0.1) is 0 Å². The van der Waals surface area contributed by atoms with Crippen molar-refractivity contribution >= 4 is 11.7 Å². The van der Waals surface area contributed by atoms with E-state index >= 15 is 0 Å². The van der Waals surface area contributed by atoms with Crippen LogP contribution in [0.2, 0.25) is 0 Å². The molecule has 0 amide bonds. The van der Waals surface area contributed by atoms with Crippen LogP contribution in [0, 0.1) is 30.9 Å². The lowest BCUT2D eigenvalue weighted by Crippen LogP contribution is -2.39. The highest BCUT2D eigenvalue weighted by atomic mass is 19.1. The second-order valence-corrected chi connectivity index (χ2v) is 14.5. The zero-order chi connectivity index (χ0) is 33.6. The van der Waals surface area contributed by atoms with Gasteiger partial charge in [-0.3, -0.25) is 9.88 Å². The molecule has 0 bridgehead atoms. The molecule has 248 valence electrons. The molecule has 2 aliphatic heterocycles. The molecule has 2 aromatic carbocycles. The van der Waals surface area contributed by atoms with Crippen molar-refractivity contribution in [1.82, 2.24) is 9.88 Å². The fourth-order valence-electron chi connectivity index (χ4n) is 6.76. The SMILES string of the molecule is COc1ccc(F)c(CN2CCc3cc(-c4c(C)nc(C)c([C@H](OC(C)(C)C)C(=O)O)c4N4CCC(C)(C)CC4)ccc3C2)c1F. The number of pyridine rings is 1. The lowest BCUT2D eigenvalue weighted by Gasteiger charge is -2.41. The van der Waals surface area contributed by atoms with Gasteiger partial charge in [-0.1, -0.05) is 32.0 Å². The van der Waals surface area contributed by atoms with Gasteiger partial charge in [-0.05, 0) is 88.1 Å². The molecule has 1 atom stereocenters. The zero-order valence-electron chi connectivity index (χ0n) is 28.4. The number of halogens is 2. The molecule has 0 saturated carbocycles. The Bertz CT molecular complexity index is 1620. The lowest BCUT2D eigenvalue weighted by atomic mass is 9.81. The highest BCUT2D eigenvalue weighted by Crippen LogP contribution is 2.45. The standard InChI is InChI=1S/C37H47F2N3O4/c1-22-30(25-9-10-26-20-41(16-13-24(26)19-25)21-27-28(38)11-12-29(45-8)32(27)39)33(42-17-14-37(6,7)15-18-42)31(23(2)40-22)34(35(43)44)46-36(3,4)5/h9-12,19,34H,13-18,20-21H2,1-8H3,(H,43,44)/t34-/m0/s1. The van der Waals surface area contributed by atoms with E-state index in [0.717, 1.165) is 59.6 Å². The van der Waals surface area contributed by atoms with E-state index in [1.165, 1.54) is 19.2 Å². The van der Waals surface area contributed by atoms with Crippen LogP contribution < -0.4 is 9.64 Å². The van der Waals surface area contributed by atoms with Gasteiger partial charge in [-0.2, -0.15) is 0 Å². The molecule has 7 nitrogen and oxygen atoms in total. The number of ether oxygens (including phenoxy) is 2. The second-order valence-electron chi connectivity index (χ2n) is 14.5. The van der Waals surface area contributed by atoms with Crippen LogP contribution in [0.15, 0.2) is 30.3 Å². The van der Waals surface area contributed by atoms with Crippen molar-refractivity contribution in [2.45, 2.75) is 92.5 Å². The van der Waals surface area contributed by atoms with Gasteiger partial charge in [-0.25, -0.2) is 13.6 Å². The van der Waals surface area contributed by atoms with Crippen LogP contribution in [0.5, 0.6) is 5.75 Å². The van der Waals surface area contributed by atoms with Crippen molar-refractivity contribution in [2.24, 2.45) is 5.41 Å². The van der Waals surface area contributed by atoms with E-state index in [0.29, 0.717) is 30.8 Å². The summed E-state index contributed by atoms with van der Waals surface area (Å²) < 4.78 is 40.8. The molecule has 2 aliphatic rings. The molecule has 9 heteroatoms. The topological polar surface area (TPSA) is 75.1 Å². The predicted octanol–water partition coefficient (Wildman–Crippen LogP) is 7.78. The average molecular weight is 636 g/mol. The molecule has 0 spiro atoms. The molecule has 5 rings (SSSR count). The number of piperidine rings is 1.